The van der Waals surface area contributed by atoms with Crippen molar-refractivity contribution in [2.24, 2.45) is 22.0 Å². The van der Waals surface area contributed by atoms with Crippen LogP contribution in [-0.4, -0.2) is 60.3 Å². The van der Waals surface area contributed by atoms with E-state index in [2.05, 4.69) is 58.5 Å². The van der Waals surface area contributed by atoms with Crippen LogP contribution >= 0.6 is 23.1 Å². The fraction of sp³-hybridized carbons (Fsp3) is 0.452. The van der Waals surface area contributed by atoms with Crippen LogP contribution in [0.15, 0.2) is 60.8 Å². The molecule has 4 bridgehead atoms. The molecule has 0 saturated heterocycles. The second-order valence-electron chi connectivity index (χ2n) is 17.2. The first-order valence-corrected chi connectivity index (χ1v) is 20.8. The highest BCUT2D eigenvalue weighted by Gasteiger charge is 2.65. The zero-order valence-electron chi connectivity index (χ0n) is 31.2. The predicted molar refractivity (Wildman–Crippen MR) is 217 cm³/mol. The van der Waals surface area contributed by atoms with Crippen LogP contribution in [0.25, 0.3) is 21.3 Å². The number of hydrogen-bond acceptors (Lipinski definition) is 9. The van der Waals surface area contributed by atoms with E-state index in [1.165, 1.54) is 49.9 Å². The summed E-state index contributed by atoms with van der Waals surface area (Å²) < 4.78 is 3.42. The quantitative estimate of drug-likeness (QED) is 0.129. The highest BCUT2D eigenvalue weighted by molar-refractivity contribution is 8.00. The second-order valence-corrected chi connectivity index (χ2v) is 19.8. The minimum Gasteiger partial charge on any atom is -0.476 e. The van der Waals surface area contributed by atoms with Gasteiger partial charge in [-0.15, -0.1) is 0 Å². The van der Waals surface area contributed by atoms with Crippen LogP contribution in [0.2, 0.25) is 0 Å². The van der Waals surface area contributed by atoms with Gasteiger partial charge in [0.25, 0.3) is 5.91 Å². The highest BCUT2D eigenvalue weighted by atomic mass is 32.2. The number of thioether (sulfide) groups is 1. The molecule has 0 spiro atoms. The lowest BCUT2D eigenvalue weighted by Gasteiger charge is -2.69. The number of carboxylic acids is 1. The van der Waals surface area contributed by atoms with Gasteiger partial charge in [-0.2, -0.15) is 16.9 Å². The number of amides is 1. The number of benzene rings is 2. The molecule has 0 radical (unpaired) electrons. The van der Waals surface area contributed by atoms with Gasteiger partial charge in [0.15, 0.2) is 10.8 Å². The summed E-state index contributed by atoms with van der Waals surface area (Å²) >= 11 is 3.56. The molecule has 2 aromatic carbocycles. The van der Waals surface area contributed by atoms with Crippen LogP contribution in [0, 0.1) is 23.2 Å². The molecule has 10 nitrogen and oxygen atoms in total. The number of fused-ring (bicyclic) bond motifs is 2. The number of carboxylic acid groups (broad SMARTS) is 1. The average molecular weight is 762 g/mol. The lowest BCUT2D eigenvalue weighted by atomic mass is 9.40. The molecule has 4 saturated carbocycles. The van der Waals surface area contributed by atoms with Crippen molar-refractivity contribution in [2.45, 2.75) is 83.6 Å². The standard InChI is InChI=1S/C42H47N7O3S2/c1-26-30(17-44-49(26)25-41-20-39(2)19-40(3,21-41)23-42(22-39,24-41)53-16-14-43)28-11-12-34(46-35(28)37(51)52)48-15-13-27-7-6-8-29(31(27)18-48)36(50)47-38-45-32-9-4-5-10-33(32)54-38/h4-12,17H,13-16,18-25,43H2,1-3H3,(H,51,52)(H,45,47,50). The molecule has 280 valence electrons. The molecule has 2 unspecified atom stereocenters. The van der Waals surface area contributed by atoms with Crippen molar-refractivity contribution in [1.29, 1.82) is 0 Å². The third-order valence-corrected chi connectivity index (χ3v) is 14.9. The van der Waals surface area contributed by atoms with E-state index in [9.17, 15) is 14.7 Å². The van der Waals surface area contributed by atoms with Crippen molar-refractivity contribution in [2.75, 3.05) is 29.1 Å². The third kappa shape index (κ3) is 6.20. The lowest BCUT2D eigenvalue weighted by Crippen LogP contribution is -2.62. The predicted octanol–water partition coefficient (Wildman–Crippen LogP) is 8.19. The number of rotatable bonds is 10. The third-order valence-electron chi connectivity index (χ3n) is 12.5. The monoisotopic (exact) mass is 761 g/mol. The number of carbonyl (C=O) groups is 2. The maximum atomic E-state index is 13.6. The van der Waals surface area contributed by atoms with Gasteiger partial charge in [-0.05, 0) is 110 Å². The summed E-state index contributed by atoms with van der Waals surface area (Å²) in [4.78, 5) is 37.9. The molecule has 1 aliphatic heterocycles. The van der Waals surface area contributed by atoms with Crippen molar-refractivity contribution in [3.63, 3.8) is 0 Å². The summed E-state index contributed by atoms with van der Waals surface area (Å²) in [5.41, 5.74) is 12.6. The topological polar surface area (TPSA) is 139 Å². The first kappa shape index (κ1) is 35.4. The molecule has 12 heteroatoms. The molecular formula is C42H47N7O3S2. The van der Waals surface area contributed by atoms with Crippen LogP contribution in [-0.2, 0) is 19.5 Å². The molecule has 4 N–H and O–H groups in total. The van der Waals surface area contributed by atoms with E-state index >= 15 is 0 Å². The normalized spacial score (nSPS) is 27.0. The molecule has 2 atom stereocenters. The van der Waals surface area contributed by atoms with E-state index in [1.54, 1.807) is 0 Å². The number of para-hydroxylation sites is 1. The summed E-state index contributed by atoms with van der Waals surface area (Å²) in [7, 11) is 0. The second kappa shape index (κ2) is 12.9. The maximum absolute atomic E-state index is 13.6. The van der Waals surface area contributed by atoms with Crippen LogP contribution in [0.4, 0.5) is 10.9 Å². The maximum Gasteiger partial charge on any atom is 0.355 e. The van der Waals surface area contributed by atoms with Crippen molar-refractivity contribution < 1.29 is 14.7 Å². The Bertz CT molecular complexity index is 2260. The van der Waals surface area contributed by atoms with Crippen LogP contribution < -0.4 is 16.0 Å². The molecular weight excluding hydrogens is 715 g/mol. The number of hydrogen-bond donors (Lipinski definition) is 3. The number of aromatic carboxylic acids is 1. The van der Waals surface area contributed by atoms with Gasteiger partial charge in [-0.25, -0.2) is 14.8 Å². The Labute approximate surface area is 324 Å². The Hall–Kier alpha value is -4.26. The zero-order chi connectivity index (χ0) is 37.5. The van der Waals surface area contributed by atoms with E-state index < -0.39 is 5.97 Å². The summed E-state index contributed by atoms with van der Waals surface area (Å²) in [6.45, 7) is 9.71. The van der Waals surface area contributed by atoms with E-state index in [-0.39, 0.29) is 21.8 Å². The van der Waals surface area contributed by atoms with Crippen molar-refractivity contribution >= 4 is 56.1 Å². The Balaban J connectivity index is 0.970. The molecule has 5 aliphatic rings. The highest BCUT2D eigenvalue weighted by Crippen LogP contribution is 2.74. The first-order chi connectivity index (χ1) is 25.9. The van der Waals surface area contributed by atoms with Gasteiger partial charge in [0.1, 0.15) is 5.82 Å². The number of anilines is 2. The summed E-state index contributed by atoms with van der Waals surface area (Å²) in [6, 6.07) is 17.4. The van der Waals surface area contributed by atoms with Gasteiger partial charge in [0.2, 0.25) is 0 Å². The van der Waals surface area contributed by atoms with E-state index in [0.29, 0.717) is 59.0 Å². The van der Waals surface area contributed by atoms with Crippen molar-refractivity contribution in [1.82, 2.24) is 19.7 Å². The number of nitrogens with two attached hydrogens (primary N) is 1. The molecule has 5 aromatic rings. The molecule has 54 heavy (non-hydrogen) atoms. The Morgan fingerprint density at radius 2 is 1.76 bits per heavy atom. The SMILES string of the molecule is Cc1c(-c2ccc(N3CCc4cccc(C(=O)Nc5nc6ccccc6s5)c4C3)nc2C(=O)O)cnn1CC12CC3(C)CC(C)(C1)CC(SCCN)(C3)C2. The smallest absolute Gasteiger partial charge is 0.355 e. The van der Waals surface area contributed by atoms with Gasteiger partial charge >= 0.3 is 5.97 Å². The van der Waals surface area contributed by atoms with Gasteiger partial charge in [0, 0.05) is 59.1 Å². The number of thiazole rings is 1. The zero-order valence-corrected chi connectivity index (χ0v) is 32.8. The Morgan fingerprint density at radius 3 is 2.52 bits per heavy atom. The van der Waals surface area contributed by atoms with Gasteiger partial charge in [-0.3, -0.25) is 14.8 Å². The molecule has 4 fully saturated rings. The minimum atomic E-state index is -1.08. The molecule has 10 rings (SSSR count). The largest absolute Gasteiger partial charge is 0.476 e. The number of aromatic nitrogens is 4. The number of pyridine rings is 1. The summed E-state index contributed by atoms with van der Waals surface area (Å²) in [6.07, 6.45) is 9.96. The van der Waals surface area contributed by atoms with Crippen LogP contribution in [0.1, 0.15) is 90.0 Å². The van der Waals surface area contributed by atoms with Crippen LogP contribution in [0.5, 0.6) is 0 Å². The van der Waals surface area contributed by atoms with Gasteiger partial charge in [0.05, 0.1) is 16.4 Å². The number of carbonyl (C=O) groups excluding carboxylic acids is 1. The van der Waals surface area contributed by atoms with Crippen molar-refractivity contribution in [3.05, 3.63) is 88.9 Å². The fourth-order valence-electron chi connectivity index (χ4n) is 11.7. The van der Waals surface area contributed by atoms with E-state index in [1.807, 2.05) is 54.7 Å². The molecule has 3 aromatic heterocycles. The summed E-state index contributed by atoms with van der Waals surface area (Å²) in [5.74, 6) is 0.285. The van der Waals surface area contributed by atoms with Crippen molar-refractivity contribution in [3.8, 4) is 11.1 Å². The Kier molecular flexibility index (Phi) is 8.48. The van der Waals surface area contributed by atoms with Crippen LogP contribution in [0.3, 0.4) is 0 Å². The first-order valence-electron chi connectivity index (χ1n) is 19.0. The summed E-state index contributed by atoms with van der Waals surface area (Å²) in [5, 5.41) is 19.0. The van der Waals surface area contributed by atoms with Gasteiger partial charge < -0.3 is 15.7 Å². The van der Waals surface area contributed by atoms with E-state index in [4.69, 9.17) is 15.8 Å². The Morgan fingerprint density at radius 1 is 0.963 bits per heavy atom. The molecule has 4 aliphatic carbocycles. The average Bonchev–Trinajstić information content (AvgIpc) is 3.70. The lowest BCUT2D eigenvalue weighted by molar-refractivity contribution is -0.139. The van der Waals surface area contributed by atoms with Gasteiger partial charge in [-0.1, -0.05) is 49.4 Å². The molecule has 4 heterocycles. The minimum absolute atomic E-state index is 0.00905. The number of nitrogens with one attached hydrogen (secondary N) is 1. The molecule has 1 amide bonds. The van der Waals surface area contributed by atoms with E-state index in [0.717, 1.165) is 44.9 Å². The number of nitrogens with zero attached hydrogens (tertiary/aromatic N) is 5. The fourth-order valence-corrected chi connectivity index (χ4v) is 14.4.